The van der Waals surface area contributed by atoms with Crippen LogP contribution in [0.15, 0.2) is 18.3 Å². The van der Waals surface area contributed by atoms with Crippen LogP contribution in [0.4, 0.5) is 0 Å². The van der Waals surface area contributed by atoms with Gasteiger partial charge < -0.3 is 5.11 Å². The summed E-state index contributed by atoms with van der Waals surface area (Å²) in [6, 6.07) is 3.98. The van der Waals surface area contributed by atoms with Gasteiger partial charge in [-0.1, -0.05) is 19.9 Å². The zero-order valence-corrected chi connectivity index (χ0v) is 7.83. The van der Waals surface area contributed by atoms with Gasteiger partial charge in [-0.3, -0.25) is 4.98 Å². The van der Waals surface area contributed by atoms with Crippen LogP contribution in [0.3, 0.4) is 0 Å². The Labute approximate surface area is 73.3 Å². The lowest BCUT2D eigenvalue weighted by Gasteiger charge is -2.21. The summed E-state index contributed by atoms with van der Waals surface area (Å²) in [5.41, 5.74) is 1.91. The van der Waals surface area contributed by atoms with Crippen molar-refractivity contribution in [3.8, 4) is 0 Å². The summed E-state index contributed by atoms with van der Waals surface area (Å²) in [7, 11) is 0. The molecule has 0 aliphatic carbocycles. The molecule has 0 saturated heterocycles. The van der Waals surface area contributed by atoms with Crippen molar-refractivity contribution in [3.05, 3.63) is 29.6 Å². The lowest BCUT2D eigenvalue weighted by atomic mass is 9.87. The number of aliphatic hydroxyl groups excluding tert-OH is 1. The van der Waals surface area contributed by atoms with Crippen molar-refractivity contribution in [2.45, 2.75) is 26.2 Å². The maximum absolute atomic E-state index is 9.09. The zero-order valence-electron chi connectivity index (χ0n) is 7.83. The lowest BCUT2D eigenvalue weighted by molar-refractivity contribution is 0.218. The van der Waals surface area contributed by atoms with Crippen LogP contribution in [0.5, 0.6) is 0 Å². The largest absolute Gasteiger partial charge is 0.395 e. The summed E-state index contributed by atoms with van der Waals surface area (Å²) < 4.78 is 0. The second-order valence-electron chi connectivity index (χ2n) is 3.73. The molecule has 0 amide bonds. The van der Waals surface area contributed by atoms with E-state index < -0.39 is 0 Å². The van der Waals surface area contributed by atoms with E-state index in [1.165, 1.54) is 0 Å². The fourth-order valence-electron chi connectivity index (χ4n) is 0.959. The van der Waals surface area contributed by atoms with Gasteiger partial charge >= 0.3 is 0 Å². The van der Waals surface area contributed by atoms with Gasteiger partial charge in [-0.05, 0) is 18.6 Å². The molecule has 1 N–H and O–H groups in total. The first-order valence-electron chi connectivity index (χ1n) is 4.10. The van der Waals surface area contributed by atoms with Crippen molar-refractivity contribution < 1.29 is 5.11 Å². The van der Waals surface area contributed by atoms with Crippen LogP contribution >= 0.6 is 0 Å². The molecule has 0 aliphatic heterocycles. The highest BCUT2D eigenvalue weighted by Crippen LogP contribution is 2.21. The van der Waals surface area contributed by atoms with E-state index in [0.29, 0.717) is 0 Å². The van der Waals surface area contributed by atoms with Gasteiger partial charge in [0.1, 0.15) is 0 Å². The first-order chi connectivity index (χ1) is 5.56. The van der Waals surface area contributed by atoms with Crippen LogP contribution in [0.2, 0.25) is 0 Å². The van der Waals surface area contributed by atoms with E-state index in [0.717, 1.165) is 11.3 Å². The number of hydrogen-bond donors (Lipinski definition) is 1. The molecule has 0 aliphatic rings. The van der Waals surface area contributed by atoms with Gasteiger partial charge in [0, 0.05) is 17.3 Å². The van der Waals surface area contributed by atoms with Crippen molar-refractivity contribution in [1.29, 1.82) is 0 Å². The Morgan fingerprint density at radius 3 is 2.50 bits per heavy atom. The number of pyridine rings is 1. The lowest BCUT2D eigenvalue weighted by Crippen LogP contribution is -2.22. The van der Waals surface area contributed by atoms with Crippen molar-refractivity contribution in [1.82, 2.24) is 4.98 Å². The molecule has 0 aromatic carbocycles. The SMILES string of the molecule is Cc1ccc(C(C)(C)CO)cn1. The number of aliphatic hydroxyl groups is 1. The summed E-state index contributed by atoms with van der Waals surface area (Å²) in [6.45, 7) is 6.10. The summed E-state index contributed by atoms with van der Waals surface area (Å²) in [5.74, 6) is 0. The Hall–Kier alpha value is -0.890. The predicted octanol–water partition coefficient (Wildman–Crippen LogP) is 1.66. The number of aromatic nitrogens is 1. The van der Waals surface area contributed by atoms with Gasteiger partial charge in [-0.15, -0.1) is 0 Å². The van der Waals surface area contributed by atoms with E-state index >= 15 is 0 Å². The summed E-state index contributed by atoms with van der Waals surface area (Å²) in [6.07, 6.45) is 1.82. The molecular formula is C10H15NO. The molecule has 0 spiro atoms. The van der Waals surface area contributed by atoms with Crippen molar-refractivity contribution in [2.75, 3.05) is 6.61 Å². The molecule has 0 saturated carbocycles. The third kappa shape index (κ3) is 1.83. The normalized spacial score (nSPS) is 11.7. The van der Waals surface area contributed by atoms with Gasteiger partial charge in [0.05, 0.1) is 6.61 Å². The number of aryl methyl sites for hydroxylation is 1. The van der Waals surface area contributed by atoms with Gasteiger partial charge in [0.25, 0.3) is 0 Å². The third-order valence-corrected chi connectivity index (χ3v) is 2.09. The van der Waals surface area contributed by atoms with E-state index in [1.54, 1.807) is 0 Å². The van der Waals surface area contributed by atoms with Crippen LogP contribution in [0.1, 0.15) is 25.1 Å². The highest BCUT2D eigenvalue weighted by Gasteiger charge is 2.18. The van der Waals surface area contributed by atoms with Crippen molar-refractivity contribution in [3.63, 3.8) is 0 Å². The third-order valence-electron chi connectivity index (χ3n) is 2.09. The minimum absolute atomic E-state index is 0.151. The predicted molar refractivity (Wildman–Crippen MR) is 49.1 cm³/mol. The van der Waals surface area contributed by atoms with E-state index in [-0.39, 0.29) is 12.0 Å². The van der Waals surface area contributed by atoms with Gasteiger partial charge in [0.15, 0.2) is 0 Å². The molecule has 0 fully saturated rings. The molecule has 0 bridgehead atoms. The molecule has 1 rings (SSSR count). The molecule has 1 aromatic rings. The number of rotatable bonds is 2. The quantitative estimate of drug-likeness (QED) is 0.723. The smallest absolute Gasteiger partial charge is 0.0523 e. The molecule has 12 heavy (non-hydrogen) atoms. The second-order valence-corrected chi connectivity index (χ2v) is 3.73. The summed E-state index contributed by atoms with van der Waals surface area (Å²) in [4.78, 5) is 4.18. The van der Waals surface area contributed by atoms with Crippen LogP contribution < -0.4 is 0 Å². The standard InChI is InChI=1S/C10H15NO/c1-8-4-5-9(6-11-8)10(2,3)7-12/h4-6,12H,7H2,1-3H3. The first kappa shape index (κ1) is 9.20. The summed E-state index contributed by atoms with van der Waals surface area (Å²) >= 11 is 0. The van der Waals surface area contributed by atoms with Crippen molar-refractivity contribution in [2.24, 2.45) is 0 Å². The Morgan fingerprint density at radius 2 is 2.08 bits per heavy atom. The summed E-state index contributed by atoms with van der Waals surface area (Å²) in [5, 5.41) is 9.09. The minimum Gasteiger partial charge on any atom is -0.395 e. The molecule has 0 atom stereocenters. The topological polar surface area (TPSA) is 33.1 Å². The van der Waals surface area contributed by atoms with Crippen LogP contribution in [-0.4, -0.2) is 16.7 Å². The zero-order chi connectivity index (χ0) is 9.19. The number of hydrogen-bond acceptors (Lipinski definition) is 2. The molecule has 0 radical (unpaired) electrons. The minimum atomic E-state index is -0.180. The van der Waals surface area contributed by atoms with Crippen LogP contribution in [0.25, 0.3) is 0 Å². The molecule has 66 valence electrons. The monoisotopic (exact) mass is 165 g/mol. The van der Waals surface area contributed by atoms with E-state index in [9.17, 15) is 0 Å². The molecular weight excluding hydrogens is 150 g/mol. The van der Waals surface area contributed by atoms with E-state index in [4.69, 9.17) is 5.11 Å². The Bertz CT molecular complexity index is 251. The second kappa shape index (κ2) is 3.23. The fourth-order valence-corrected chi connectivity index (χ4v) is 0.959. The molecule has 2 heteroatoms. The maximum Gasteiger partial charge on any atom is 0.0523 e. The number of nitrogens with zero attached hydrogens (tertiary/aromatic N) is 1. The maximum atomic E-state index is 9.09. The van der Waals surface area contributed by atoms with Crippen LogP contribution in [-0.2, 0) is 5.41 Å². The average Bonchev–Trinajstić information content (AvgIpc) is 2.05. The Morgan fingerprint density at radius 1 is 1.42 bits per heavy atom. The molecule has 1 heterocycles. The van der Waals surface area contributed by atoms with Crippen molar-refractivity contribution >= 4 is 0 Å². The Kier molecular flexibility index (Phi) is 2.48. The first-order valence-corrected chi connectivity index (χ1v) is 4.10. The molecule has 2 nitrogen and oxygen atoms in total. The van der Waals surface area contributed by atoms with Gasteiger partial charge in [-0.2, -0.15) is 0 Å². The van der Waals surface area contributed by atoms with Crippen LogP contribution in [0, 0.1) is 6.92 Å². The highest BCUT2D eigenvalue weighted by molar-refractivity contribution is 5.21. The van der Waals surface area contributed by atoms with Gasteiger partial charge in [0.2, 0.25) is 0 Å². The fraction of sp³-hybridized carbons (Fsp3) is 0.500. The highest BCUT2D eigenvalue weighted by atomic mass is 16.3. The van der Waals surface area contributed by atoms with Gasteiger partial charge in [-0.25, -0.2) is 0 Å². The molecule has 1 aromatic heterocycles. The average molecular weight is 165 g/mol. The van der Waals surface area contributed by atoms with E-state index in [2.05, 4.69) is 4.98 Å². The Balaban J connectivity index is 2.96. The molecule has 0 unspecified atom stereocenters. The van der Waals surface area contributed by atoms with E-state index in [1.807, 2.05) is 39.1 Å².